The second-order valence-corrected chi connectivity index (χ2v) is 8.46. The number of H-pyrrole nitrogens is 1. The Balaban J connectivity index is 1.86. The first-order valence-electron chi connectivity index (χ1n) is 7.96. The van der Waals surface area contributed by atoms with E-state index < -0.39 is 16.1 Å². The van der Waals surface area contributed by atoms with Gasteiger partial charge in [0.25, 0.3) is 0 Å². The van der Waals surface area contributed by atoms with Crippen molar-refractivity contribution >= 4 is 36.9 Å². The van der Waals surface area contributed by atoms with Crippen molar-refractivity contribution in [2.45, 2.75) is 17.4 Å². The quantitative estimate of drug-likeness (QED) is 0.528. The zero-order chi connectivity index (χ0) is 18.7. The van der Waals surface area contributed by atoms with Gasteiger partial charge < -0.3 is 14.8 Å². The highest BCUT2D eigenvalue weighted by molar-refractivity contribution is 9.10. The van der Waals surface area contributed by atoms with Crippen LogP contribution in [0.5, 0.6) is 5.75 Å². The summed E-state index contributed by atoms with van der Waals surface area (Å²) in [6.45, 7) is -0.324. The molecule has 0 saturated carbocycles. The number of hydrogen-bond donors (Lipinski definition) is 3. The highest BCUT2D eigenvalue weighted by Crippen LogP contribution is 2.27. The van der Waals surface area contributed by atoms with E-state index in [1.807, 2.05) is 30.5 Å². The number of aromatic amines is 1. The average Bonchev–Trinajstić information content (AvgIpc) is 3.04. The number of ether oxygens (including phenoxy) is 1. The molecule has 1 aromatic heterocycles. The Morgan fingerprint density at radius 3 is 2.77 bits per heavy atom. The number of aliphatic hydroxyl groups excluding tert-OH is 1. The predicted molar refractivity (Wildman–Crippen MR) is 104 cm³/mol. The average molecular weight is 439 g/mol. The van der Waals surface area contributed by atoms with Crippen LogP contribution < -0.4 is 9.46 Å². The number of rotatable bonds is 7. The predicted octanol–water partition coefficient (Wildman–Crippen LogP) is 2.82. The van der Waals surface area contributed by atoms with Gasteiger partial charge in [0.1, 0.15) is 10.6 Å². The molecule has 0 radical (unpaired) electrons. The van der Waals surface area contributed by atoms with Gasteiger partial charge in [-0.05, 0) is 36.2 Å². The van der Waals surface area contributed by atoms with Crippen LogP contribution in [-0.4, -0.2) is 38.3 Å². The summed E-state index contributed by atoms with van der Waals surface area (Å²) in [5.74, 6) is 0.240. The monoisotopic (exact) mass is 438 g/mol. The fourth-order valence-corrected chi connectivity index (χ4v) is 4.79. The van der Waals surface area contributed by atoms with Gasteiger partial charge >= 0.3 is 0 Å². The standard InChI is InChI=1S/C18H19BrN2O4S/c1-25-17-7-6-13(19)9-18(17)26(23,24)21-14(11-22)8-12-10-20-16-5-3-2-4-15(12)16/h2-7,9-10,14,20-22H,8,11H2,1H3/t14-/m1/s1. The van der Waals surface area contributed by atoms with Crippen LogP contribution in [0.1, 0.15) is 5.56 Å². The minimum Gasteiger partial charge on any atom is -0.495 e. The molecule has 0 aliphatic carbocycles. The number of nitrogens with one attached hydrogen (secondary N) is 2. The van der Waals surface area contributed by atoms with Crippen molar-refractivity contribution in [3.8, 4) is 5.75 Å². The first-order valence-corrected chi connectivity index (χ1v) is 10.2. The first kappa shape index (κ1) is 18.9. The van der Waals surface area contributed by atoms with Crippen LogP contribution in [0.3, 0.4) is 0 Å². The van der Waals surface area contributed by atoms with Crippen LogP contribution in [0.2, 0.25) is 0 Å². The minimum absolute atomic E-state index is 0.0201. The molecule has 0 aliphatic heterocycles. The van der Waals surface area contributed by atoms with Gasteiger partial charge in [0.05, 0.1) is 13.7 Å². The van der Waals surface area contributed by atoms with Gasteiger partial charge in [-0.2, -0.15) is 0 Å². The summed E-state index contributed by atoms with van der Waals surface area (Å²) in [6, 6.07) is 11.8. The van der Waals surface area contributed by atoms with Crippen molar-refractivity contribution in [3.63, 3.8) is 0 Å². The molecule has 0 saturated heterocycles. The molecule has 0 bridgehead atoms. The van der Waals surface area contributed by atoms with Gasteiger partial charge in [-0.3, -0.25) is 0 Å². The Labute approximate surface area is 160 Å². The Kier molecular flexibility index (Phi) is 5.67. The Bertz CT molecular complexity index is 1020. The van der Waals surface area contributed by atoms with Gasteiger partial charge in [-0.15, -0.1) is 0 Å². The van der Waals surface area contributed by atoms with Crippen molar-refractivity contribution in [2.24, 2.45) is 0 Å². The maximum atomic E-state index is 12.8. The smallest absolute Gasteiger partial charge is 0.244 e. The summed E-state index contributed by atoms with van der Waals surface area (Å²) in [5.41, 5.74) is 1.90. The van der Waals surface area contributed by atoms with Crippen molar-refractivity contribution in [1.82, 2.24) is 9.71 Å². The number of halogens is 1. The van der Waals surface area contributed by atoms with E-state index in [1.165, 1.54) is 13.2 Å². The van der Waals surface area contributed by atoms with Crippen LogP contribution in [0.4, 0.5) is 0 Å². The summed E-state index contributed by atoms with van der Waals surface area (Å²) in [7, 11) is -2.45. The summed E-state index contributed by atoms with van der Waals surface area (Å²) >= 11 is 3.28. The lowest BCUT2D eigenvalue weighted by Crippen LogP contribution is -2.39. The zero-order valence-corrected chi connectivity index (χ0v) is 16.5. The topological polar surface area (TPSA) is 91.4 Å². The fourth-order valence-electron chi connectivity index (χ4n) is 2.85. The Hall–Kier alpha value is -1.87. The molecule has 0 aliphatic rings. The molecular formula is C18H19BrN2O4S. The number of hydrogen-bond acceptors (Lipinski definition) is 4. The van der Waals surface area contributed by atoms with E-state index in [0.717, 1.165) is 16.5 Å². The number of aliphatic hydroxyl groups is 1. The van der Waals surface area contributed by atoms with E-state index in [4.69, 9.17) is 4.74 Å². The van der Waals surface area contributed by atoms with E-state index in [-0.39, 0.29) is 17.3 Å². The van der Waals surface area contributed by atoms with E-state index in [1.54, 1.807) is 12.1 Å². The largest absolute Gasteiger partial charge is 0.495 e. The summed E-state index contributed by atoms with van der Waals surface area (Å²) in [6.07, 6.45) is 2.19. The lowest BCUT2D eigenvalue weighted by atomic mass is 10.1. The zero-order valence-electron chi connectivity index (χ0n) is 14.1. The molecule has 3 aromatic rings. The summed E-state index contributed by atoms with van der Waals surface area (Å²) in [4.78, 5) is 3.17. The maximum absolute atomic E-state index is 12.8. The molecule has 3 rings (SSSR count). The van der Waals surface area contributed by atoms with Gasteiger partial charge in [-0.25, -0.2) is 13.1 Å². The Morgan fingerprint density at radius 2 is 2.04 bits per heavy atom. The van der Waals surface area contributed by atoms with Crippen LogP contribution >= 0.6 is 15.9 Å². The first-order chi connectivity index (χ1) is 12.4. The van der Waals surface area contributed by atoms with Crippen LogP contribution in [0.15, 0.2) is 58.0 Å². The van der Waals surface area contributed by atoms with Gasteiger partial charge in [0.2, 0.25) is 10.0 Å². The molecule has 3 N–H and O–H groups in total. The van der Waals surface area contributed by atoms with E-state index in [0.29, 0.717) is 10.9 Å². The van der Waals surface area contributed by atoms with Crippen molar-refractivity contribution in [3.05, 3.63) is 58.7 Å². The lowest BCUT2D eigenvalue weighted by molar-refractivity contribution is 0.256. The highest BCUT2D eigenvalue weighted by Gasteiger charge is 2.24. The molecule has 1 atom stereocenters. The highest BCUT2D eigenvalue weighted by atomic mass is 79.9. The third-order valence-corrected chi connectivity index (χ3v) is 6.13. The molecule has 0 unspecified atom stereocenters. The van der Waals surface area contributed by atoms with Crippen molar-refractivity contribution in [2.75, 3.05) is 13.7 Å². The molecule has 2 aromatic carbocycles. The number of fused-ring (bicyclic) bond motifs is 1. The molecule has 0 spiro atoms. The van der Waals surface area contributed by atoms with Crippen molar-refractivity contribution < 1.29 is 18.3 Å². The molecule has 6 nitrogen and oxygen atoms in total. The SMILES string of the molecule is COc1ccc(Br)cc1S(=O)(=O)N[C@@H](CO)Cc1c[nH]c2ccccc12. The third-order valence-electron chi connectivity index (χ3n) is 4.10. The number of aromatic nitrogens is 1. The fraction of sp³-hybridized carbons (Fsp3) is 0.222. The Morgan fingerprint density at radius 1 is 1.27 bits per heavy atom. The van der Waals surface area contributed by atoms with Gasteiger partial charge in [-0.1, -0.05) is 34.1 Å². The second-order valence-electron chi connectivity index (χ2n) is 5.86. The number of para-hydroxylation sites is 1. The van der Waals surface area contributed by atoms with Crippen molar-refractivity contribution in [1.29, 1.82) is 0 Å². The van der Waals surface area contributed by atoms with E-state index in [9.17, 15) is 13.5 Å². The van der Waals surface area contributed by atoms with Crippen LogP contribution in [0.25, 0.3) is 10.9 Å². The molecule has 0 fully saturated rings. The van der Waals surface area contributed by atoms with Gasteiger partial charge in [0, 0.05) is 27.6 Å². The number of methoxy groups -OCH3 is 1. The molecular weight excluding hydrogens is 420 g/mol. The summed E-state index contributed by atoms with van der Waals surface area (Å²) in [5, 5.41) is 10.7. The number of sulfonamides is 1. The molecule has 8 heteroatoms. The van der Waals surface area contributed by atoms with Gasteiger partial charge in [0.15, 0.2) is 0 Å². The number of benzene rings is 2. The molecule has 0 amide bonds. The minimum atomic E-state index is -3.87. The maximum Gasteiger partial charge on any atom is 0.244 e. The van der Waals surface area contributed by atoms with E-state index >= 15 is 0 Å². The molecule has 138 valence electrons. The third kappa shape index (κ3) is 3.93. The van der Waals surface area contributed by atoms with Crippen LogP contribution in [-0.2, 0) is 16.4 Å². The van der Waals surface area contributed by atoms with Crippen LogP contribution in [0, 0.1) is 0 Å². The summed E-state index contributed by atoms with van der Waals surface area (Å²) < 4.78 is 33.9. The molecule has 1 heterocycles. The normalized spacial score (nSPS) is 13.0. The second kappa shape index (κ2) is 7.79. The lowest BCUT2D eigenvalue weighted by Gasteiger charge is -2.17. The van der Waals surface area contributed by atoms with E-state index in [2.05, 4.69) is 25.6 Å². The molecule has 26 heavy (non-hydrogen) atoms.